The summed E-state index contributed by atoms with van der Waals surface area (Å²) < 4.78 is 5.71. The Morgan fingerprint density at radius 3 is 2.58 bits per heavy atom. The summed E-state index contributed by atoms with van der Waals surface area (Å²) >= 11 is 0. The summed E-state index contributed by atoms with van der Waals surface area (Å²) in [6, 6.07) is 19.1. The van der Waals surface area contributed by atoms with Crippen molar-refractivity contribution in [2.45, 2.75) is 39.2 Å². The molecule has 1 aliphatic heterocycles. The Morgan fingerprint density at radius 1 is 1.03 bits per heavy atom. The number of hydrazone groups is 1. The number of hydrogen-bond acceptors (Lipinski definition) is 6. The van der Waals surface area contributed by atoms with Gasteiger partial charge in [-0.25, -0.2) is 15.4 Å². The molecule has 3 aromatic rings. The van der Waals surface area contributed by atoms with E-state index in [0.717, 1.165) is 48.5 Å². The zero-order valence-corrected chi connectivity index (χ0v) is 19.1. The first-order chi connectivity index (χ1) is 16.1. The molecule has 0 spiro atoms. The molecule has 170 valence electrons. The molecule has 4 rings (SSSR count). The molecule has 2 aromatic carbocycles. The number of ether oxygens (including phenoxy) is 1. The van der Waals surface area contributed by atoms with Crippen molar-refractivity contribution in [1.29, 1.82) is 0 Å². The lowest BCUT2D eigenvalue weighted by Crippen LogP contribution is -2.32. The first-order valence-electron chi connectivity index (χ1n) is 11.4. The third-order valence-electron chi connectivity index (χ3n) is 5.27. The highest BCUT2D eigenvalue weighted by atomic mass is 16.5. The number of benzene rings is 2. The Hall–Kier alpha value is -3.74. The van der Waals surface area contributed by atoms with Gasteiger partial charge in [0.15, 0.2) is 0 Å². The molecule has 1 N–H and O–H groups in total. The second-order valence-electron chi connectivity index (χ2n) is 8.29. The number of nitrogens with zero attached hydrogens (tertiary/aromatic N) is 4. The minimum atomic E-state index is -0.376. The third-order valence-corrected chi connectivity index (χ3v) is 5.27. The fourth-order valence-corrected chi connectivity index (χ4v) is 3.71. The minimum absolute atomic E-state index is 0.0857. The number of carbonyl (C=O) groups excluding carboxylic acids is 1. The van der Waals surface area contributed by atoms with Crippen LogP contribution in [0.3, 0.4) is 0 Å². The van der Waals surface area contributed by atoms with Gasteiger partial charge in [0, 0.05) is 18.7 Å². The van der Waals surface area contributed by atoms with Gasteiger partial charge in [0.25, 0.3) is 5.91 Å². The summed E-state index contributed by atoms with van der Waals surface area (Å²) in [5.74, 6) is 0.970. The van der Waals surface area contributed by atoms with E-state index in [4.69, 9.17) is 9.72 Å². The van der Waals surface area contributed by atoms with E-state index in [1.807, 2.05) is 68.4 Å². The van der Waals surface area contributed by atoms with Gasteiger partial charge >= 0.3 is 0 Å². The van der Waals surface area contributed by atoms with Gasteiger partial charge in [0.05, 0.1) is 18.0 Å². The number of carbonyl (C=O) groups is 1. The Bertz CT molecular complexity index is 1110. The van der Waals surface area contributed by atoms with Crippen LogP contribution in [-0.4, -0.2) is 41.3 Å². The van der Waals surface area contributed by atoms with Crippen molar-refractivity contribution in [3.05, 3.63) is 71.9 Å². The molecular formula is C26H29N5O2. The first kappa shape index (κ1) is 22.5. The van der Waals surface area contributed by atoms with E-state index in [1.165, 1.54) is 6.42 Å². The van der Waals surface area contributed by atoms with Crippen LogP contribution in [0.15, 0.2) is 65.8 Å². The van der Waals surface area contributed by atoms with Crippen LogP contribution >= 0.6 is 0 Å². The summed E-state index contributed by atoms with van der Waals surface area (Å²) in [6.45, 7) is 5.74. The van der Waals surface area contributed by atoms with Crippen molar-refractivity contribution in [3.63, 3.8) is 0 Å². The largest absolute Gasteiger partial charge is 0.491 e. The zero-order chi connectivity index (χ0) is 23.0. The van der Waals surface area contributed by atoms with E-state index in [9.17, 15) is 4.79 Å². The quantitative estimate of drug-likeness (QED) is 0.423. The van der Waals surface area contributed by atoms with Crippen LogP contribution < -0.4 is 15.1 Å². The van der Waals surface area contributed by atoms with E-state index in [-0.39, 0.29) is 12.0 Å². The average Bonchev–Trinajstić information content (AvgIpc) is 2.84. The molecule has 0 bridgehead atoms. The minimum Gasteiger partial charge on any atom is -0.491 e. The van der Waals surface area contributed by atoms with Crippen molar-refractivity contribution in [1.82, 2.24) is 15.4 Å². The van der Waals surface area contributed by atoms with Crippen molar-refractivity contribution in [2.75, 3.05) is 18.0 Å². The van der Waals surface area contributed by atoms with E-state index < -0.39 is 0 Å². The summed E-state index contributed by atoms with van der Waals surface area (Å²) in [7, 11) is 0. The van der Waals surface area contributed by atoms with Gasteiger partial charge in [-0.1, -0.05) is 42.5 Å². The molecule has 7 heteroatoms. The standard InChI is InChI=1S/C26H29N5O2/c1-19(2)33-22-13-9-10-20(16-22)18-27-30-25(32)24-17-23(21-11-5-3-6-12-21)28-26(29-24)31-14-7-4-8-15-31/h3,5-6,9-13,16-19H,4,7-8,14-15H2,1-2H3,(H,30,32)/b27-18+. The number of rotatable bonds is 7. The van der Waals surface area contributed by atoms with E-state index in [2.05, 4.69) is 20.4 Å². The third kappa shape index (κ3) is 6.16. The van der Waals surface area contributed by atoms with Crippen molar-refractivity contribution < 1.29 is 9.53 Å². The van der Waals surface area contributed by atoms with Crippen LogP contribution in [0.1, 0.15) is 49.2 Å². The zero-order valence-electron chi connectivity index (χ0n) is 19.1. The lowest BCUT2D eigenvalue weighted by molar-refractivity contribution is 0.0950. The lowest BCUT2D eigenvalue weighted by atomic mass is 10.1. The maximum atomic E-state index is 12.9. The molecule has 1 fully saturated rings. The molecule has 7 nitrogen and oxygen atoms in total. The van der Waals surface area contributed by atoms with Crippen molar-refractivity contribution in [2.24, 2.45) is 5.10 Å². The molecule has 0 radical (unpaired) electrons. The van der Waals surface area contributed by atoms with Crippen LogP contribution in [0, 0.1) is 0 Å². The average molecular weight is 444 g/mol. The summed E-state index contributed by atoms with van der Waals surface area (Å²) in [5.41, 5.74) is 5.38. The fraction of sp³-hybridized carbons (Fsp3) is 0.308. The predicted molar refractivity (Wildman–Crippen MR) is 131 cm³/mol. The van der Waals surface area contributed by atoms with Crippen LogP contribution in [0.5, 0.6) is 5.75 Å². The van der Waals surface area contributed by atoms with Gasteiger partial charge in [0.2, 0.25) is 5.95 Å². The fourth-order valence-electron chi connectivity index (χ4n) is 3.71. The maximum Gasteiger partial charge on any atom is 0.290 e. The molecule has 1 aliphatic rings. The molecule has 0 aliphatic carbocycles. The summed E-state index contributed by atoms with van der Waals surface area (Å²) in [6.07, 6.45) is 5.09. The number of hydrogen-bond donors (Lipinski definition) is 1. The summed E-state index contributed by atoms with van der Waals surface area (Å²) in [4.78, 5) is 24.4. The molecule has 33 heavy (non-hydrogen) atoms. The Labute approximate surface area is 194 Å². The van der Waals surface area contributed by atoms with Crippen molar-refractivity contribution in [3.8, 4) is 17.0 Å². The summed E-state index contributed by atoms with van der Waals surface area (Å²) in [5, 5.41) is 4.13. The van der Waals surface area contributed by atoms with Crippen molar-refractivity contribution >= 4 is 18.1 Å². The highest BCUT2D eigenvalue weighted by Crippen LogP contribution is 2.23. The monoisotopic (exact) mass is 443 g/mol. The molecule has 0 atom stereocenters. The number of anilines is 1. The smallest absolute Gasteiger partial charge is 0.290 e. The highest BCUT2D eigenvalue weighted by Gasteiger charge is 2.18. The second-order valence-corrected chi connectivity index (χ2v) is 8.29. The van der Waals surface area contributed by atoms with Crippen LogP contribution in [-0.2, 0) is 0 Å². The molecule has 1 amide bonds. The van der Waals surface area contributed by atoms with Gasteiger partial charge in [0.1, 0.15) is 11.4 Å². The number of nitrogens with one attached hydrogen (secondary N) is 1. The molecule has 2 heterocycles. The highest BCUT2D eigenvalue weighted by molar-refractivity contribution is 5.94. The van der Waals surface area contributed by atoms with Gasteiger partial charge in [-0.3, -0.25) is 4.79 Å². The van der Waals surface area contributed by atoms with Gasteiger partial charge in [-0.2, -0.15) is 5.10 Å². The van der Waals surface area contributed by atoms with E-state index in [1.54, 1.807) is 12.3 Å². The van der Waals surface area contributed by atoms with E-state index in [0.29, 0.717) is 11.6 Å². The Morgan fingerprint density at radius 2 is 1.82 bits per heavy atom. The van der Waals surface area contributed by atoms with Gasteiger partial charge in [-0.15, -0.1) is 0 Å². The number of aromatic nitrogens is 2. The molecular weight excluding hydrogens is 414 g/mol. The molecule has 0 unspecified atom stereocenters. The van der Waals surface area contributed by atoms with Crippen LogP contribution in [0.4, 0.5) is 5.95 Å². The maximum absolute atomic E-state index is 12.9. The molecule has 0 saturated carbocycles. The predicted octanol–water partition coefficient (Wildman–Crippen LogP) is 4.69. The Balaban J connectivity index is 1.54. The van der Waals surface area contributed by atoms with Crippen LogP contribution in [0.25, 0.3) is 11.3 Å². The normalized spacial score (nSPS) is 14.0. The first-order valence-corrected chi connectivity index (χ1v) is 11.4. The van der Waals surface area contributed by atoms with Gasteiger partial charge in [-0.05, 0) is 56.9 Å². The number of amides is 1. The number of piperidine rings is 1. The topological polar surface area (TPSA) is 79.7 Å². The molecule has 1 aromatic heterocycles. The van der Waals surface area contributed by atoms with Gasteiger partial charge < -0.3 is 9.64 Å². The SMILES string of the molecule is CC(C)Oc1cccc(/C=N/NC(=O)c2cc(-c3ccccc3)nc(N3CCCCC3)n2)c1. The molecule has 1 saturated heterocycles. The lowest BCUT2D eigenvalue weighted by Gasteiger charge is -2.27. The van der Waals surface area contributed by atoms with Crippen LogP contribution in [0.2, 0.25) is 0 Å². The van der Waals surface area contributed by atoms with E-state index >= 15 is 0 Å². The second kappa shape index (κ2) is 10.7. The Kier molecular flexibility index (Phi) is 7.29.